The number of aromatic nitrogens is 3. The Balaban J connectivity index is 0.000000111. The van der Waals surface area contributed by atoms with Crippen molar-refractivity contribution < 1.29 is 0 Å². The first-order valence-electron chi connectivity index (χ1n) is 11.6. The fourth-order valence-corrected chi connectivity index (χ4v) is 3.90. The summed E-state index contributed by atoms with van der Waals surface area (Å²) in [5, 5.41) is 4.81. The first-order valence-corrected chi connectivity index (χ1v) is 11.6. The fraction of sp³-hybridized carbons (Fsp3) is 0.0312. The molecule has 0 bridgehead atoms. The van der Waals surface area contributed by atoms with Crippen LogP contribution >= 0.6 is 0 Å². The molecular weight excluding hydrogens is 426 g/mol. The van der Waals surface area contributed by atoms with E-state index in [0.717, 1.165) is 27.8 Å². The van der Waals surface area contributed by atoms with Crippen LogP contribution in [0.4, 0.5) is 0 Å². The molecule has 0 aliphatic heterocycles. The second-order valence-corrected chi connectivity index (χ2v) is 8.22. The average molecular weight is 452 g/mol. The van der Waals surface area contributed by atoms with Crippen LogP contribution in [0.2, 0.25) is 0 Å². The highest BCUT2D eigenvalue weighted by atomic mass is 14.7. The topological polar surface area (TPSA) is 38.7 Å². The van der Waals surface area contributed by atoms with E-state index in [0.29, 0.717) is 0 Å². The second kappa shape index (κ2) is 10.5. The summed E-state index contributed by atoms with van der Waals surface area (Å²) in [6, 6.07) is 42.9. The molecule has 0 spiro atoms. The number of hydrogen-bond donors (Lipinski definition) is 0. The number of para-hydroxylation sites is 4. The van der Waals surface area contributed by atoms with E-state index >= 15 is 0 Å². The maximum Gasteiger partial charge on any atom is 0.0709 e. The van der Waals surface area contributed by atoms with Crippen LogP contribution in [0.5, 0.6) is 0 Å². The molecule has 0 saturated carbocycles. The zero-order valence-electron chi connectivity index (χ0n) is 19.5. The van der Waals surface area contributed by atoms with Crippen LogP contribution < -0.4 is 0 Å². The van der Waals surface area contributed by atoms with E-state index in [9.17, 15) is 0 Å². The zero-order valence-corrected chi connectivity index (χ0v) is 19.5. The lowest BCUT2D eigenvalue weighted by Crippen LogP contribution is -1.80. The van der Waals surface area contributed by atoms with Crippen molar-refractivity contribution in [3.63, 3.8) is 0 Å². The van der Waals surface area contributed by atoms with E-state index < -0.39 is 0 Å². The summed E-state index contributed by atoms with van der Waals surface area (Å²) in [7, 11) is 0. The van der Waals surface area contributed by atoms with Crippen molar-refractivity contribution in [2.45, 2.75) is 6.92 Å². The van der Waals surface area contributed by atoms with Crippen LogP contribution in [0.15, 0.2) is 134 Å². The van der Waals surface area contributed by atoms with E-state index in [4.69, 9.17) is 0 Å². The van der Waals surface area contributed by atoms with E-state index in [1.54, 1.807) is 0 Å². The second-order valence-electron chi connectivity index (χ2n) is 8.22. The molecule has 4 aromatic carbocycles. The quantitative estimate of drug-likeness (QED) is 0.218. The van der Waals surface area contributed by atoms with Gasteiger partial charge < -0.3 is 0 Å². The average Bonchev–Trinajstić information content (AvgIpc) is 2.92. The summed E-state index contributed by atoms with van der Waals surface area (Å²) in [4.78, 5) is 13.1. The summed E-state index contributed by atoms with van der Waals surface area (Å²) in [5.41, 5.74) is 5.33. The van der Waals surface area contributed by atoms with Crippen LogP contribution in [0.3, 0.4) is 0 Å². The molecule has 0 fully saturated rings. The Morgan fingerprint density at radius 3 is 1.46 bits per heavy atom. The van der Waals surface area contributed by atoms with Gasteiger partial charge in [-0.3, -0.25) is 9.97 Å². The third-order valence-corrected chi connectivity index (χ3v) is 5.68. The first kappa shape index (κ1) is 22.2. The summed E-state index contributed by atoms with van der Waals surface area (Å²) in [6.45, 7) is 2.01. The van der Waals surface area contributed by atoms with Crippen molar-refractivity contribution in [2.24, 2.45) is 0 Å². The molecule has 0 unspecified atom stereocenters. The Kier molecular flexibility index (Phi) is 6.67. The number of aryl methyl sites for hydroxylation is 1. The summed E-state index contributed by atoms with van der Waals surface area (Å²) in [6.07, 6.45) is 1.81. The van der Waals surface area contributed by atoms with Crippen molar-refractivity contribution in [3.05, 3.63) is 139 Å². The summed E-state index contributed by atoms with van der Waals surface area (Å²) < 4.78 is 0. The van der Waals surface area contributed by atoms with Gasteiger partial charge in [0.15, 0.2) is 0 Å². The molecule has 0 N–H and O–H groups in total. The van der Waals surface area contributed by atoms with Gasteiger partial charge in [0.25, 0.3) is 0 Å². The van der Waals surface area contributed by atoms with Gasteiger partial charge in [0.2, 0.25) is 0 Å². The van der Waals surface area contributed by atoms with Crippen molar-refractivity contribution in [1.82, 2.24) is 15.0 Å². The largest absolute Gasteiger partial charge is 0.256 e. The first-order chi connectivity index (χ1) is 17.3. The fourth-order valence-electron chi connectivity index (χ4n) is 3.90. The Bertz CT molecular complexity index is 1550. The van der Waals surface area contributed by atoms with Gasteiger partial charge in [-0.2, -0.15) is 0 Å². The third kappa shape index (κ3) is 5.48. The molecule has 3 heterocycles. The van der Waals surface area contributed by atoms with Gasteiger partial charge in [-0.25, -0.2) is 4.98 Å². The van der Waals surface area contributed by atoms with Crippen LogP contribution in [-0.2, 0) is 0 Å². The van der Waals surface area contributed by atoms with Gasteiger partial charge in [0, 0.05) is 33.4 Å². The summed E-state index contributed by atoms with van der Waals surface area (Å²) in [5.74, 6) is 0. The lowest BCUT2D eigenvalue weighted by atomic mass is 10.1. The molecule has 7 aromatic rings. The van der Waals surface area contributed by atoms with E-state index in [1.165, 1.54) is 21.5 Å². The van der Waals surface area contributed by atoms with Gasteiger partial charge in [-0.1, -0.05) is 84.9 Å². The van der Waals surface area contributed by atoms with E-state index in [-0.39, 0.29) is 0 Å². The number of pyridine rings is 3. The highest BCUT2D eigenvalue weighted by molar-refractivity contribution is 5.92. The lowest BCUT2D eigenvalue weighted by molar-refractivity contribution is 1.26. The highest BCUT2D eigenvalue weighted by Gasteiger charge is 1.97. The number of fused-ring (bicyclic) bond motifs is 4. The molecule has 0 aliphatic carbocycles. The minimum atomic E-state index is 1.06. The molecule has 0 aliphatic rings. The number of rotatable bonds is 0. The monoisotopic (exact) mass is 451 g/mol. The molecule has 35 heavy (non-hydrogen) atoms. The van der Waals surface area contributed by atoms with Crippen LogP contribution in [-0.4, -0.2) is 15.0 Å². The SMILES string of the molecule is Cc1ccc2ccccc2n1.c1ccc2nc3ccccc3cc2c1.c1ccc2ncccc2c1. The van der Waals surface area contributed by atoms with Crippen LogP contribution in [0, 0.1) is 6.92 Å². The van der Waals surface area contributed by atoms with Crippen LogP contribution in [0.1, 0.15) is 5.69 Å². The molecule has 7 rings (SSSR count). The number of benzene rings is 4. The maximum absolute atomic E-state index is 4.58. The number of hydrogen-bond acceptors (Lipinski definition) is 3. The van der Waals surface area contributed by atoms with Crippen molar-refractivity contribution in [1.29, 1.82) is 0 Å². The van der Waals surface area contributed by atoms with Crippen molar-refractivity contribution in [2.75, 3.05) is 0 Å². The molecule has 3 heteroatoms. The van der Waals surface area contributed by atoms with E-state index in [1.807, 2.05) is 98.0 Å². The number of nitrogens with zero attached hydrogens (tertiary/aromatic N) is 3. The Labute approximate surface area is 204 Å². The molecular formula is C32H25N3. The minimum Gasteiger partial charge on any atom is -0.256 e. The van der Waals surface area contributed by atoms with Crippen molar-refractivity contribution in [3.8, 4) is 0 Å². The van der Waals surface area contributed by atoms with Gasteiger partial charge in [-0.15, -0.1) is 0 Å². The molecule has 3 nitrogen and oxygen atoms in total. The van der Waals surface area contributed by atoms with Gasteiger partial charge in [0.05, 0.1) is 22.1 Å². The third-order valence-electron chi connectivity index (χ3n) is 5.68. The predicted octanol–water partition coefficient (Wildman–Crippen LogP) is 8.17. The molecule has 168 valence electrons. The molecule has 3 aromatic heterocycles. The van der Waals surface area contributed by atoms with Gasteiger partial charge >= 0.3 is 0 Å². The standard InChI is InChI=1S/C13H9N.C10H9N.C9H7N/c1-3-7-12-10(5-1)9-11-6-2-4-8-13(11)14-12;1-8-6-7-9-4-2-3-5-10(9)11-8;1-2-6-9-8(4-1)5-3-7-10-9/h1-9H;2-7H,1H3;1-7H. The summed E-state index contributed by atoms with van der Waals surface area (Å²) >= 11 is 0. The highest BCUT2D eigenvalue weighted by Crippen LogP contribution is 2.18. The normalized spacial score (nSPS) is 10.4. The van der Waals surface area contributed by atoms with Gasteiger partial charge in [0.1, 0.15) is 0 Å². The zero-order chi connectivity index (χ0) is 23.9. The van der Waals surface area contributed by atoms with Gasteiger partial charge in [-0.05, 0) is 49.4 Å². The predicted molar refractivity (Wildman–Crippen MR) is 147 cm³/mol. The molecule has 0 saturated heterocycles. The minimum absolute atomic E-state index is 1.06. The maximum atomic E-state index is 4.58. The molecule has 0 amide bonds. The Morgan fingerprint density at radius 2 is 0.857 bits per heavy atom. The van der Waals surface area contributed by atoms with Crippen molar-refractivity contribution >= 4 is 43.6 Å². The molecule has 0 radical (unpaired) electrons. The smallest absolute Gasteiger partial charge is 0.0709 e. The lowest BCUT2D eigenvalue weighted by Gasteiger charge is -1.99. The Hall–Kier alpha value is -4.63. The molecule has 0 atom stereocenters. The Morgan fingerprint density at radius 1 is 0.400 bits per heavy atom. The van der Waals surface area contributed by atoms with Crippen LogP contribution in [0.25, 0.3) is 43.6 Å². The van der Waals surface area contributed by atoms with E-state index in [2.05, 4.69) is 57.4 Å².